The minimum absolute atomic E-state index is 0.226. The van der Waals surface area contributed by atoms with Crippen molar-refractivity contribution < 1.29 is 0 Å². The fourth-order valence-electron chi connectivity index (χ4n) is 2.35. The Hall–Kier alpha value is -0.470. The summed E-state index contributed by atoms with van der Waals surface area (Å²) >= 11 is 2.04. The van der Waals surface area contributed by atoms with E-state index in [-0.39, 0.29) is 6.04 Å². The molecule has 0 aromatic heterocycles. The lowest BCUT2D eigenvalue weighted by Gasteiger charge is -2.19. The minimum atomic E-state index is 0.226. The van der Waals surface area contributed by atoms with Crippen LogP contribution in [0.2, 0.25) is 0 Å². The van der Waals surface area contributed by atoms with E-state index >= 15 is 0 Å². The van der Waals surface area contributed by atoms with E-state index in [2.05, 4.69) is 31.2 Å². The van der Waals surface area contributed by atoms with Crippen LogP contribution in [0.15, 0.2) is 24.3 Å². The van der Waals surface area contributed by atoms with Gasteiger partial charge in [-0.25, -0.2) is 0 Å². The molecule has 1 aromatic carbocycles. The van der Waals surface area contributed by atoms with Gasteiger partial charge in [0.15, 0.2) is 0 Å². The molecule has 0 amide bonds. The first-order valence-electron chi connectivity index (χ1n) is 6.27. The van der Waals surface area contributed by atoms with E-state index in [0.717, 1.165) is 0 Å². The molecular formula is C14H21NS. The Balaban J connectivity index is 2.09. The molecule has 2 atom stereocenters. The van der Waals surface area contributed by atoms with E-state index in [1.807, 2.05) is 11.8 Å². The summed E-state index contributed by atoms with van der Waals surface area (Å²) in [4.78, 5) is 0. The van der Waals surface area contributed by atoms with Gasteiger partial charge in [-0.15, -0.1) is 0 Å². The Morgan fingerprint density at radius 1 is 1.50 bits per heavy atom. The highest BCUT2D eigenvalue weighted by atomic mass is 32.2. The maximum absolute atomic E-state index is 6.34. The predicted octanol–water partition coefficient (Wildman–Crippen LogP) is 3.53. The molecule has 1 fully saturated rings. The first kappa shape index (κ1) is 12.0. The number of hydrogen-bond acceptors (Lipinski definition) is 2. The molecule has 2 N–H and O–H groups in total. The molecule has 1 aliphatic heterocycles. The average molecular weight is 235 g/mol. The standard InChI is InChI=1S/C14H21NS/c1-2-5-11-6-3-7-12(10-11)14(15)13-8-4-9-16-13/h3,6-7,10,13-14H,2,4-5,8-9,15H2,1H3. The van der Waals surface area contributed by atoms with Crippen LogP contribution in [0.3, 0.4) is 0 Å². The van der Waals surface area contributed by atoms with Gasteiger partial charge in [0, 0.05) is 11.3 Å². The second-order valence-electron chi connectivity index (χ2n) is 4.57. The van der Waals surface area contributed by atoms with Crippen molar-refractivity contribution in [1.29, 1.82) is 0 Å². The number of nitrogens with two attached hydrogens (primary N) is 1. The maximum Gasteiger partial charge on any atom is 0.0415 e. The summed E-state index contributed by atoms with van der Waals surface area (Å²) in [7, 11) is 0. The van der Waals surface area contributed by atoms with Crippen LogP contribution in [0.1, 0.15) is 43.4 Å². The van der Waals surface area contributed by atoms with Crippen LogP contribution in [0.5, 0.6) is 0 Å². The summed E-state index contributed by atoms with van der Waals surface area (Å²) in [6.45, 7) is 2.22. The van der Waals surface area contributed by atoms with Gasteiger partial charge in [-0.2, -0.15) is 11.8 Å². The Kier molecular flexibility index (Phi) is 4.30. The van der Waals surface area contributed by atoms with Crippen LogP contribution in [0, 0.1) is 0 Å². The molecule has 0 spiro atoms. The van der Waals surface area contributed by atoms with Gasteiger partial charge < -0.3 is 5.73 Å². The smallest absolute Gasteiger partial charge is 0.0415 e. The zero-order valence-electron chi connectivity index (χ0n) is 9.99. The fraction of sp³-hybridized carbons (Fsp3) is 0.571. The zero-order valence-corrected chi connectivity index (χ0v) is 10.8. The van der Waals surface area contributed by atoms with Gasteiger partial charge >= 0.3 is 0 Å². The van der Waals surface area contributed by atoms with Gasteiger partial charge in [0.1, 0.15) is 0 Å². The Labute approximate surface area is 103 Å². The molecule has 1 heterocycles. The maximum atomic E-state index is 6.34. The lowest BCUT2D eigenvalue weighted by Crippen LogP contribution is -2.21. The van der Waals surface area contributed by atoms with Crippen molar-refractivity contribution >= 4 is 11.8 Å². The van der Waals surface area contributed by atoms with E-state index in [4.69, 9.17) is 5.73 Å². The van der Waals surface area contributed by atoms with Crippen LogP contribution in [-0.4, -0.2) is 11.0 Å². The van der Waals surface area contributed by atoms with Crippen molar-refractivity contribution in [3.05, 3.63) is 35.4 Å². The molecule has 2 heteroatoms. The van der Waals surface area contributed by atoms with Gasteiger partial charge in [-0.1, -0.05) is 37.6 Å². The summed E-state index contributed by atoms with van der Waals surface area (Å²) in [6, 6.07) is 9.07. The molecule has 0 saturated carbocycles. The van der Waals surface area contributed by atoms with Gasteiger partial charge in [0.2, 0.25) is 0 Å². The quantitative estimate of drug-likeness (QED) is 0.864. The summed E-state index contributed by atoms with van der Waals surface area (Å²) in [5.41, 5.74) is 9.10. The highest BCUT2D eigenvalue weighted by Crippen LogP contribution is 2.34. The lowest BCUT2D eigenvalue weighted by molar-refractivity contribution is 0.644. The third-order valence-corrected chi connectivity index (χ3v) is 4.72. The van der Waals surface area contributed by atoms with Gasteiger partial charge in [-0.05, 0) is 36.1 Å². The molecular weight excluding hydrogens is 214 g/mol. The summed E-state index contributed by atoms with van der Waals surface area (Å²) in [6.07, 6.45) is 4.98. The van der Waals surface area contributed by atoms with Crippen LogP contribution in [0.4, 0.5) is 0 Å². The number of rotatable bonds is 4. The van der Waals surface area contributed by atoms with E-state index in [1.165, 1.54) is 42.6 Å². The predicted molar refractivity (Wildman–Crippen MR) is 72.8 cm³/mol. The summed E-state index contributed by atoms with van der Waals surface area (Å²) in [5, 5.41) is 0.636. The largest absolute Gasteiger partial charge is 0.323 e. The molecule has 2 rings (SSSR count). The number of thioether (sulfide) groups is 1. The van der Waals surface area contributed by atoms with Crippen LogP contribution < -0.4 is 5.73 Å². The van der Waals surface area contributed by atoms with E-state index in [1.54, 1.807) is 0 Å². The van der Waals surface area contributed by atoms with Crippen LogP contribution >= 0.6 is 11.8 Å². The second-order valence-corrected chi connectivity index (χ2v) is 5.92. The van der Waals surface area contributed by atoms with Crippen molar-refractivity contribution in [2.24, 2.45) is 5.73 Å². The van der Waals surface area contributed by atoms with Gasteiger partial charge in [-0.3, -0.25) is 0 Å². The van der Waals surface area contributed by atoms with E-state index in [0.29, 0.717) is 5.25 Å². The first-order chi connectivity index (χ1) is 7.81. The first-order valence-corrected chi connectivity index (χ1v) is 7.32. The molecule has 1 aromatic rings. The van der Waals surface area contributed by atoms with Crippen LogP contribution in [0.25, 0.3) is 0 Å². The molecule has 16 heavy (non-hydrogen) atoms. The Morgan fingerprint density at radius 2 is 2.38 bits per heavy atom. The number of benzene rings is 1. The molecule has 1 nitrogen and oxygen atoms in total. The summed E-state index contributed by atoms with van der Waals surface area (Å²) in [5.74, 6) is 1.28. The fourth-order valence-corrected chi connectivity index (χ4v) is 3.68. The molecule has 1 saturated heterocycles. The zero-order chi connectivity index (χ0) is 11.4. The topological polar surface area (TPSA) is 26.0 Å². The van der Waals surface area contributed by atoms with Crippen LogP contribution in [-0.2, 0) is 6.42 Å². The highest BCUT2D eigenvalue weighted by molar-refractivity contribution is 8.00. The molecule has 0 aliphatic carbocycles. The monoisotopic (exact) mass is 235 g/mol. The van der Waals surface area contributed by atoms with Crippen molar-refractivity contribution in [1.82, 2.24) is 0 Å². The minimum Gasteiger partial charge on any atom is -0.323 e. The lowest BCUT2D eigenvalue weighted by atomic mass is 9.98. The second kappa shape index (κ2) is 5.74. The molecule has 2 unspecified atom stereocenters. The van der Waals surface area contributed by atoms with Crippen molar-refractivity contribution in [2.75, 3.05) is 5.75 Å². The molecule has 88 valence electrons. The third kappa shape index (κ3) is 2.80. The van der Waals surface area contributed by atoms with E-state index < -0.39 is 0 Å². The highest BCUT2D eigenvalue weighted by Gasteiger charge is 2.23. The Morgan fingerprint density at radius 3 is 3.06 bits per heavy atom. The molecule has 0 radical (unpaired) electrons. The van der Waals surface area contributed by atoms with Crippen molar-refractivity contribution in [2.45, 2.75) is 43.9 Å². The summed E-state index contributed by atoms with van der Waals surface area (Å²) < 4.78 is 0. The molecule has 0 bridgehead atoms. The van der Waals surface area contributed by atoms with E-state index in [9.17, 15) is 0 Å². The van der Waals surface area contributed by atoms with Crippen molar-refractivity contribution in [3.8, 4) is 0 Å². The Bertz CT molecular complexity index is 331. The SMILES string of the molecule is CCCc1cccc(C(N)C2CCCS2)c1. The van der Waals surface area contributed by atoms with Crippen molar-refractivity contribution in [3.63, 3.8) is 0 Å². The average Bonchev–Trinajstić information content (AvgIpc) is 2.82. The van der Waals surface area contributed by atoms with Gasteiger partial charge in [0.05, 0.1) is 0 Å². The van der Waals surface area contributed by atoms with Gasteiger partial charge in [0.25, 0.3) is 0 Å². The number of hydrogen-bond donors (Lipinski definition) is 1. The third-order valence-electron chi connectivity index (χ3n) is 3.24. The molecule has 1 aliphatic rings. The number of aryl methyl sites for hydroxylation is 1. The normalized spacial score (nSPS) is 22.2.